The average molecular weight is 419 g/mol. The molecule has 1 N–H and O–H groups in total. The van der Waals surface area contributed by atoms with E-state index in [4.69, 9.17) is 4.74 Å². The largest absolute Gasteiger partial charge is 0.494 e. The summed E-state index contributed by atoms with van der Waals surface area (Å²) in [4.78, 5) is 12.6. The van der Waals surface area contributed by atoms with Crippen LogP contribution in [0.25, 0.3) is 0 Å². The number of amides is 1. The third-order valence-electron chi connectivity index (χ3n) is 4.57. The lowest BCUT2D eigenvalue weighted by molar-refractivity contribution is -0.121. The number of ether oxygens (including phenoxy) is 1. The van der Waals surface area contributed by atoms with Gasteiger partial charge in [-0.1, -0.05) is 35.9 Å². The zero-order valence-electron chi connectivity index (χ0n) is 17.5. The summed E-state index contributed by atoms with van der Waals surface area (Å²) in [5, 5.41) is 2.85. The maximum atomic E-state index is 12.6. The van der Waals surface area contributed by atoms with Gasteiger partial charge in [0.25, 0.3) is 0 Å². The Kier molecular flexibility index (Phi) is 8.08. The van der Waals surface area contributed by atoms with Crippen molar-refractivity contribution in [2.45, 2.75) is 39.7 Å². The highest BCUT2D eigenvalue weighted by molar-refractivity contribution is 7.92. The number of hydrogen-bond donors (Lipinski definition) is 1. The fourth-order valence-electron chi connectivity index (χ4n) is 3.15. The molecule has 0 bridgehead atoms. The lowest BCUT2D eigenvalue weighted by Gasteiger charge is -2.28. The molecule has 0 aromatic heterocycles. The summed E-state index contributed by atoms with van der Waals surface area (Å²) in [6.07, 6.45) is 2.60. The molecule has 0 saturated carbocycles. The van der Waals surface area contributed by atoms with Crippen molar-refractivity contribution in [3.8, 4) is 5.75 Å². The van der Waals surface area contributed by atoms with Gasteiger partial charge in [0.2, 0.25) is 15.9 Å². The van der Waals surface area contributed by atoms with E-state index >= 15 is 0 Å². The Labute approximate surface area is 173 Å². The first-order valence-corrected chi connectivity index (χ1v) is 11.6. The molecule has 0 aliphatic carbocycles. The van der Waals surface area contributed by atoms with Gasteiger partial charge >= 0.3 is 0 Å². The highest BCUT2D eigenvalue weighted by Gasteiger charge is 2.28. The number of benzene rings is 2. The van der Waals surface area contributed by atoms with Gasteiger partial charge in [0.15, 0.2) is 0 Å². The van der Waals surface area contributed by atoms with E-state index in [9.17, 15) is 13.2 Å². The van der Waals surface area contributed by atoms with Crippen LogP contribution in [-0.2, 0) is 21.2 Å². The van der Waals surface area contributed by atoms with Crippen LogP contribution in [0.2, 0.25) is 0 Å². The van der Waals surface area contributed by atoms with Gasteiger partial charge in [-0.3, -0.25) is 9.10 Å². The molecule has 1 atom stereocenters. The first-order valence-electron chi connectivity index (χ1n) is 9.78. The van der Waals surface area contributed by atoms with Crippen LogP contribution in [0.5, 0.6) is 5.75 Å². The fourth-order valence-corrected chi connectivity index (χ4v) is 4.32. The normalized spacial score (nSPS) is 12.3. The van der Waals surface area contributed by atoms with Gasteiger partial charge in [0, 0.05) is 6.54 Å². The summed E-state index contributed by atoms with van der Waals surface area (Å²) in [6, 6.07) is 14.1. The lowest BCUT2D eigenvalue weighted by atomic mass is 10.1. The second kappa shape index (κ2) is 10.3. The van der Waals surface area contributed by atoms with Crippen LogP contribution in [0.3, 0.4) is 0 Å². The van der Waals surface area contributed by atoms with Gasteiger partial charge in [-0.05, 0) is 57.4 Å². The molecule has 1 amide bonds. The Morgan fingerprint density at radius 1 is 1.14 bits per heavy atom. The van der Waals surface area contributed by atoms with E-state index in [1.54, 1.807) is 19.1 Å². The monoisotopic (exact) mass is 418 g/mol. The van der Waals surface area contributed by atoms with Crippen LogP contribution in [0, 0.1) is 6.92 Å². The predicted octanol–water partition coefficient (Wildman–Crippen LogP) is 3.30. The molecule has 158 valence electrons. The van der Waals surface area contributed by atoms with Crippen molar-refractivity contribution in [2.75, 3.05) is 23.7 Å². The molecular weight excluding hydrogens is 388 g/mol. The molecule has 0 radical (unpaired) electrons. The van der Waals surface area contributed by atoms with Crippen molar-refractivity contribution < 1.29 is 17.9 Å². The number of nitrogens with one attached hydrogen (secondary N) is 1. The maximum Gasteiger partial charge on any atom is 0.243 e. The van der Waals surface area contributed by atoms with E-state index < -0.39 is 16.1 Å². The molecule has 2 aromatic carbocycles. The minimum Gasteiger partial charge on any atom is -0.494 e. The van der Waals surface area contributed by atoms with Gasteiger partial charge in [0.05, 0.1) is 18.6 Å². The van der Waals surface area contributed by atoms with E-state index in [0.717, 1.165) is 40.3 Å². The number of rotatable bonds is 10. The number of carbonyl (C=O) groups excluding carboxylic acids is 1. The molecule has 0 aliphatic rings. The molecule has 2 rings (SSSR count). The van der Waals surface area contributed by atoms with Gasteiger partial charge in [0.1, 0.15) is 11.8 Å². The molecule has 0 spiro atoms. The summed E-state index contributed by atoms with van der Waals surface area (Å²) in [5.74, 6) is 0.534. The van der Waals surface area contributed by atoms with Crippen molar-refractivity contribution >= 4 is 21.6 Å². The highest BCUT2D eigenvalue weighted by Crippen LogP contribution is 2.22. The summed E-state index contributed by atoms with van der Waals surface area (Å²) in [7, 11) is -3.60. The predicted molar refractivity (Wildman–Crippen MR) is 117 cm³/mol. The Bertz CT molecular complexity index is 911. The average Bonchev–Trinajstić information content (AvgIpc) is 2.67. The van der Waals surface area contributed by atoms with Gasteiger partial charge in [-0.2, -0.15) is 0 Å². The smallest absolute Gasteiger partial charge is 0.243 e. The van der Waals surface area contributed by atoms with Gasteiger partial charge in [-0.25, -0.2) is 8.42 Å². The van der Waals surface area contributed by atoms with Crippen LogP contribution in [-0.4, -0.2) is 39.8 Å². The Balaban J connectivity index is 1.97. The topological polar surface area (TPSA) is 75.7 Å². The summed E-state index contributed by atoms with van der Waals surface area (Å²) < 4.78 is 31.4. The molecule has 6 nitrogen and oxygen atoms in total. The van der Waals surface area contributed by atoms with E-state index in [0.29, 0.717) is 18.8 Å². The van der Waals surface area contributed by atoms with Gasteiger partial charge in [-0.15, -0.1) is 0 Å². The molecule has 2 aromatic rings. The highest BCUT2D eigenvalue weighted by atomic mass is 32.2. The van der Waals surface area contributed by atoms with Gasteiger partial charge < -0.3 is 10.1 Å². The van der Waals surface area contributed by atoms with Crippen molar-refractivity contribution in [2.24, 2.45) is 0 Å². The molecule has 0 aliphatic heterocycles. The Morgan fingerprint density at radius 3 is 2.41 bits per heavy atom. The molecule has 7 heteroatoms. The quantitative estimate of drug-likeness (QED) is 0.601. The third kappa shape index (κ3) is 6.49. The Morgan fingerprint density at radius 2 is 1.79 bits per heavy atom. The zero-order valence-corrected chi connectivity index (χ0v) is 18.3. The minimum atomic E-state index is -3.60. The van der Waals surface area contributed by atoms with Crippen LogP contribution in [0.1, 0.15) is 31.4 Å². The van der Waals surface area contributed by atoms with E-state index in [2.05, 4.69) is 5.32 Å². The second-order valence-electron chi connectivity index (χ2n) is 7.01. The van der Waals surface area contributed by atoms with Crippen LogP contribution in [0.4, 0.5) is 5.69 Å². The number of sulfonamides is 1. The SMILES string of the molecule is CCOc1ccccc1CCCNC(=O)[C@@H](C)N(c1ccc(C)cc1)S(C)(=O)=O. The standard InChI is InChI=1S/C22H30N2O4S/c1-5-28-21-11-7-6-9-19(21)10-8-16-23-22(25)18(3)24(29(4,26)27)20-14-12-17(2)13-15-20/h6-7,9,11-15,18H,5,8,10,16H2,1-4H3,(H,23,25)/t18-/m1/s1. The minimum absolute atomic E-state index is 0.325. The molecule has 0 saturated heterocycles. The summed E-state index contributed by atoms with van der Waals surface area (Å²) in [5.41, 5.74) is 2.59. The molecule has 0 unspecified atom stereocenters. The Hall–Kier alpha value is -2.54. The summed E-state index contributed by atoms with van der Waals surface area (Å²) >= 11 is 0. The van der Waals surface area contributed by atoms with Crippen LogP contribution in [0.15, 0.2) is 48.5 Å². The number of carbonyl (C=O) groups is 1. The van der Waals surface area contributed by atoms with E-state index in [1.807, 2.05) is 50.2 Å². The van der Waals surface area contributed by atoms with Crippen molar-refractivity contribution in [3.05, 3.63) is 59.7 Å². The van der Waals surface area contributed by atoms with Crippen molar-refractivity contribution in [1.29, 1.82) is 0 Å². The first kappa shape index (κ1) is 22.7. The maximum absolute atomic E-state index is 12.6. The van der Waals surface area contributed by atoms with Crippen LogP contribution >= 0.6 is 0 Å². The van der Waals surface area contributed by atoms with Crippen molar-refractivity contribution in [3.63, 3.8) is 0 Å². The van der Waals surface area contributed by atoms with E-state index in [-0.39, 0.29) is 5.91 Å². The lowest BCUT2D eigenvalue weighted by Crippen LogP contribution is -2.48. The number of nitrogens with zero attached hydrogens (tertiary/aromatic N) is 1. The molecule has 29 heavy (non-hydrogen) atoms. The molecule has 0 heterocycles. The first-order chi connectivity index (χ1) is 13.7. The number of anilines is 1. The van der Waals surface area contributed by atoms with E-state index in [1.165, 1.54) is 0 Å². The molecular formula is C22H30N2O4S. The molecule has 0 fully saturated rings. The number of aryl methyl sites for hydroxylation is 2. The zero-order chi connectivity index (χ0) is 21.4. The fraction of sp³-hybridized carbons (Fsp3) is 0.409. The third-order valence-corrected chi connectivity index (χ3v) is 5.81. The van der Waals surface area contributed by atoms with Crippen molar-refractivity contribution in [1.82, 2.24) is 5.32 Å². The summed E-state index contributed by atoms with van der Waals surface area (Å²) in [6.45, 7) is 6.52. The van der Waals surface area contributed by atoms with Crippen LogP contribution < -0.4 is 14.4 Å². The number of hydrogen-bond acceptors (Lipinski definition) is 4. The second-order valence-corrected chi connectivity index (χ2v) is 8.87. The number of para-hydroxylation sites is 1.